The fourth-order valence-corrected chi connectivity index (χ4v) is 8.46. The van der Waals surface area contributed by atoms with E-state index in [1.165, 1.54) is 19.0 Å². The van der Waals surface area contributed by atoms with Gasteiger partial charge in [0.1, 0.15) is 0 Å². The monoisotopic (exact) mass is 412 g/mol. The van der Waals surface area contributed by atoms with E-state index >= 15 is 0 Å². The molecule has 0 radical (unpaired) electrons. The normalized spacial score (nSPS) is 10.0. The van der Waals surface area contributed by atoms with Crippen LogP contribution in [-0.4, -0.2) is 0 Å². The molecule has 0 heterocycles. The van der Waals surface area contributed by atoms with Crippen molar-refractivity contribution in [1.29, 1.82) is 0 Å². The van der Waals surface area contributed by atoms with Gasteiger partial charge in [0, 0.05) is 0 Å². The zero-order valence-corrected chi connectivity index (χ0v) is 16.2. The predicted molar refractivity (Wildman–Crippen MR) is 69.8 cm³/mol. The molecule has 0 aliphatic heterocycles. The van der Waals surface area contributed by atoms with Crippen LogP contribution in [0.4, 0.5) is 0 Å². The second-order valence-corrected chi connectivity index (χ2v) is 11.5. The van der Waals surface area contributed by atoms with Crippen molar-refractivity contribution in [2.75, 3.05) is 0 Å². The summed E-state index contributed by atoms with van der Waals surface area (Å²) in [6, 6.07) is 18.1. The fraction of sp³-hybridized carbons (Fsp3) is 0.250. The molecule has 0 aliphatic carbocycles. The maximum absolute atomic E-state index is 2.30. The first kappa shape index (κ1) is 12.8. The molecule has 0 atom stereocenters. The van der Waals surface area contributed by atoms with Crippen molar-refractivity contribution < 1.29 is 24.6 Å². The van der Waals surface area contributed by atoms with Crippen molar-refractivity contribution in [2.45, 2.75) is 21.7 Å². The van der Waals surface area contributed by atoms with Gasteiger partial charge in [-0.2, -0.15) is 0 Å². The summed E-state index contributed by atoms with van der Waals surface area (Å²) in [5.41, 5.74) is 5.82. The molecule has 0 amide bonds. The predicted octanol–water partition coefficient (Wildman–Crippen LogP) is 4.09. The summed E-state index contributed by atoms with van der Waals surface area (Å²) in [5.74, 6) is 0. The quantitative estimate of drug-likeness (QED) is 0.666. The molecule has 0 saturated heterocycles. The van der Waals surface area contributed by atoms with Gasteiger partial charge in [-0.3, -0.25) is 0 Å². The Kier molecular flexibility index (Phi) is 4.79. The minimum absolute atomic E-state index is 0.753. The first-order chi connectivity index (χ1) is 8.24. The van der Waals surface area contributed by atoms with Crippen molar-refractivity contribution in [1.82, 2.24) is 0 Å². The molecular formula is C16H18Hg. The fourth-order valence-electron chi connectivity index (χ4n) is 2.01. The Labute approximate surface area is 117 Å². The number of benzene rings is 2. The molecule has 84 valence electrons. The Hall–Kier alpha value is -0.625. The standard InChI is InChI=1S/2C8H9.Hg/c2*1-7-3-5-8(2)6-4-7;/h2*3-6H,1H2,2H3;. The summed E-state index contributed by atoms with van der Waals surface area (Å²) >= 11 is -0.753. The van der Waals surface area contributed by atoms with E-state index in [1.54, 1.807) is 11.1 Å². The van der Waals surface area contributed by atoms with E-state index in [9.17, 15) is 0 Å². The molecule has 0 bridgehead atoms. The van der Waals surface area contributed by atoms with Gasteiger partial charge in [-0.15, -0.1) is 0 Å². The van der Waals surface area contributed by atoms with Gasteiger partial charge in [-0.25, -0.2) is 0 Å². The van der Waals surface area contributed by atoms with Gasteiger partial charge in [0.05, 0.1) is 0 Å². The van der Waals surface area contributed by atoms with Crippen molar-refractivity contribution in [3.63, 3.8) is 0 Å². The molecule has 0 spiro atoms. The third-order valence-electron chi connectivity index (χ3n) is 3.17. The molecule has 0 N–H and O–H groups in total. The van der Waals surface area contributed by atoms with Crippen LogP contribution in [0.5, 0.6) is 0 Å². The Morgan fingerprint density at radius 3 is 1.35 bits per heavy atom. The summed E-state index contributed by atoms with van der Waals surface area (Å²) in [5, 5.41) is 0. The molecule has 1 heteroatoms. The first-order valence-electron chi connectivity index (χ1n) is 6.35. The van der Waals surface area contributed by atoms with Crippen LogP contribution in [0, 0.1) is 13.8 Å². The van der Waals surface area contributed by atoms with Gasteiger partial charge >= 0.3 is 117 Å². The van der Waals surface area contributed by atoms with Crippen LogP contribution in [-0.2, 0) is 32.4 Å². The van der Waals surface area contributed by atoms with Crippen molar-refractivity contribution in [3.8, 4) is 0 Å². The van der Waals surface area contributed by atoms with Crippen molar-refractivity contribution >= 4 is 0 Å². The van der Waals surface area contributed by atoms with Gasteiger partial charge < -0.3 is 0 Å². The molecule has 2 rings (SSSR count). The third-order valence-corrected chi connectivity index (χ3v) is 10.4. The second-order valence-electron chi connectivity index (χ2n) is 4.82. The average Bonchev–Trinajstić information content (AvgIpc) is 2.34. The summed E-state index contributed by atoms with van der Waals surface area (Å²) in [4.78, 5) is 0. The summed E-state index contributed by atoms with van der Waals surface area (Å²) < 4.78 is 2.79. The second kappa shape index (κ2) is 6.35. The molecular weight excluding hydrogens is 393 g/mol. The number of rotatable bonds is 4. The summed E-state index contributed by atoms with van der Waals surface area (Å²) in [6.45, 7) is 4.31. The van der Waals surface area contributed by atoms with E-state index in [-0.39, 0.29) is 0 Å². The van der Waals surface area contributed by atoms with Crippen molar-refractivity contribution in [3.05, 3.63) is 70.8 Å². The van der Waals surface area contributed by atoms with Crippen LogP contribution in [0.25, 0.3) is 0 Å². The van der Waals surface area contributed by atoms with Crippen LogP contribution in [0.1, 0.15) is 22.3 Å². The van der Waals surface area contributed by atoms with Gasteiger partial charge in [0.25, 0.3) is 0 Å². The molecule has 0 unspecified atom stereocenters. The van der Waals surface area contributed by atoms with E-state index in [1.807, 2.05) is 0 Å². The van der Waals surface area contributed by atoms with E-state index in [0.29, 0.717) is 0 Å². The van der Waals surface area contributed by atoms with E-state index < -0.39 is 24.6 Å². The Morgan fingerprint density at radius 1 is 0.647 bits per heavy atom. The van der Waals surface area contributed by atoms with Gasteiger partial charge in [-0.1, -0.05) is 0 Å². The Bertz CT molecular complexity index is 408. The molecule has 17 heavy (non-hydrogen) atoms. The summed E-state index contributed by atoms with van der Waals surface area (Å²) in [6.07, 6.45) is 0. The zero-order chi connectivity index (χ0) is 12.1. The molecule has 0 aromatic heterocycles. The molecule has 0 aliphatic rings. The molecule has 2 aromatic carbocycles. The molecule has 0 fully saturated rings. The van der Waals surface area contributed by atoms with Crippen LogP contribution < -0.4 is 0 Å². The minimum atomic E-state index is -0.753. The Balaban J connectivity index is 1.83. The van der Waals surface area contributed by atoms with Crippen LogP contribution in [0.15, 0.2) is 48.5 Å². The number of aryl methyl sites for hydroxylation is 2. The maximum atomic E-state index is 2.30. The molecule has 0 nitrogen and oxygen atoms in total. The SMILES string of the molecule is Cc1ccc([CH2][Hg][CH2]c2ccc(C)cc2)cc1. The van der Waals surface area contributed by atoms with E-state index in [2.05, 4.69) is 62.4 Å². The van der Waals surface area contributed by atoms with Gasteiger partial charge in [0.15, 0.2) is 0 Å². The van der Waals surface area contributed by atoms with Crippen LogP contribution in [0.3, 0.4) is 0 Å². The summed E-state index contributed by atoms with van der Waals surface area (Å²) in [7, 11) is 0. The number of hydrogen-bond acceptors (Lipinski definition) is 0. The third kappa shape index (κ3) is 4.27. The van der Waals surface area contributed by atoms with Crippen LogP contribution >= 0.6 is 0 Å². The average molecular weight is 411 g/mol. The Morgan fingerprint density at radius 2 is 1.00 bits per heavy atom. The zero-order valence-electron chi connectivity index (χ0n) is 10.7. The van der Waals surface area contributed by atoms with Gasteiger partial charge in [0.2, 0.25) is 0 Å². The van der Waals surface area contributed by atoms with Crippen molar-refractivity contribution in [2.24, 2.45) is 0 Å². The van der Waals surface area contributed by atoms with E-state index in [4.69, 9.17) is 0 Å². The molecule has 0 saturated carbocycles. The topological polar surface area (TPSA) is 0 Å². The molecule has 2 aromatic rings. The number of hydrogen-bond donors (Lipinski definition) is 0. The first-order valence-corrected chi connectivity index (χ1v) is 14.1. The van der Waals surface area contributed by atoms with Gasteiger partial charge in [-0.05, 0) is 0 Å². The van der Waals surface area contributed by atoms with Crippen LogP contribution in [0.2, 0.25) is 0 Å². The van der Waals surface area contributed by atoms with E-state index in [0.717, 1.165) is 0 Å².